The summed E-state index contributed by atoms with van der Waals surface area (Å²) in [4.78, 5) is 14.8. The van der Waals surface area contributed by atoms with Crippen molar-refractivity contribution in [3.05, 3.63) is 52.7 Å². The Bertz CT molecular complexity index is 671. The van der Waals surface area contributed by atoms with E-state index in [1.54, 1.807) is 0 Å². The molecule has 2 rings (SSSR count). The number of carboxylic acid groups (broad SMARTS) is 1. The molecule has 1 aromatic carbocycles. The van der Waals surface area contributed by atoms with Crippen molar-refractivity contribution < 1.29 is 23.1 Å². The van der Waals surface area contributed by atoms with E-state index in [9.17, 15) is 18.0 Å². The number of aromatic carboxylic acids is 1. The molecule has 0 aliphatic heterocycles. The Morgan fingerprint density at radius 2 is 1.80 bits per heavy atom. The number of halogens is 4. The molecule has 0 aliphatic carbocycles. The van der Waals surface area contributed by atoms with Gasteiger partial charge in [-0.05, 0) is 18.2 Å². The number of pyridine rings is 1. The van der Waals surface area contributed by atoms with Crippen molar-refractivity contribution in [1.82, 2.24) is 4.98 Å². The summed E-state index contributed by atoms with van der Waals surface area (Å²) in [5.41, 5.74) is -1.93. The van der Waals surface area contributed by atoms with E-state index in [4.69, 9.17) is 16.7 Å². The summed E-state index contributed by atoms with van der Waals surface area (Å²) in [6, 6.07) is 6.96. The van der Waals surface area contributed by atoms with E-state index < -0.39 is 17.7 Å². The van der Waals surface area contributed by atoms with Gasteiger partial charge in [-0.1, -0.05) is 29.8 Å². The van der Waals surface area contributed by atoms with E-state index in [0.717, 1.165) is 18.2 Å². The van der Waals surface area contributed by atoms with Crippen LogP contribution >= 0.6 is 11.6 Å². The van der Waals surface area contributed by atoms with Gasteiger partial charge in [0.2, 0.25) is 0 Å². The second-order valence-electron chi connectivity index (χ2n) is 3.88. The monoisotopic (exact) mass is 301 g/mol. The summed E-state index contributed by atoms with van der Waals surface area (Å²) in [6.07, 6.45) is -4.61. The van der Waals surface area contributed by atoms with Crippen LogP contribution in [0.25, 0.3) is 11.3 Å². The van der Waals surface area contributed by atoms with E-state index >= 15 is 0 Å². The maximum atomic E-state index is 13.0. The van der Waals surface area contributed by atoms with Crippen molar-refractivity contribution >= 4 is 17.6 Å². The molecule has 0 atom stereocenters. The molecule has 1 heterocycles. The van der Waals surface area contributed by atoms with Gasteiger partial charge in [0.15, 0.2) is 0 Å². The van der Waals surface area contributed by atoms with Gasteiger partial charge in [0, 0.05) is 5.56 Å². The average Bonchev–Trinajstić information content (AvgIpc) is 2.37. The number of nitrogens with zero attached hydrogens (tertiary/aromatic N) is 1. The van der Waals surface area contributed by atoms with E-state index in [2.05, 4.69) is 4.98 Å². The fourth-order valence-corrected chi connectivity index (χ4v) is 1.90. The maximum Gasteiger partial charge on any atom is 0.417 e. The first-order chi connectivity index (χ1) is 9.30. The molecule has 2 aromatic rings. The molecule has 0 unspecified atom stereocenters. The van der Waals surface area contributed by atoms with Gasteiger partial charge < -0.3 is 5.11 Å². The Morgan fingerprint density at radius 1 is 1.15 bits per heavy atom. The van der Waals surface area contributed by atoms with Gasteiger partial charge in [0.05, 0.1) is 16.8 Å². The van der Waals surface area contributed by atoms with Gasteiger partial charge in [-0.25, -0.2) is 9.78 Å². The minimum absolute atomic E-state index is 0.0815. The van der Waals surface area contributed by atoms with Crippen LogP contribution in [0.4, 0.5) is 13.2 Å². The molecule has 3 nitrogen and oxygen atoms in total. The van der Waals surface area contributed by atoms with Crippen LogP contribution in [0.15, 0.2) is 36.4 Å². The Hall–Kier alpha value is -2.08. The topological polar surface area (TPSA) is 50.2 Å². The predicted molar refractivity (Wildman–Crippen MR) is 66.6 cm³/mol. The minimum Gasteiger partial charge on any atom is -0.478 e. The van der Waals surface area contributed by atoms with Crippen molar-refractivity contribution in [1.29, 1.82) is 0 Å². The first-order valence-electron chi connectivity index (χ1n) is 5.37. The number of benzene rings is 1. The highest BCUT2D eigenvalue weighted by atomic mass is 35.5. The SMILES string of the molecule is O=C(O)c1ccc(Cl)nc1-c1ccccc1C(F)(F)F. The molecule has 7 heteroatoms. The summed E-state index contributed by atoms with van der Waals surface area (Å²) in [5.74, 6) is -1.37. The lowest BCUT2D eigenvalue weighted by molar-refractivity contribution is -0.137. The fourth-order valence-electron chi connectivity index (χ4n) is 1.75. The van der Waals surface area contributed by atoms with Crippen LogP contribution in [0, 0.1) is 0 Å². The van der Waals surface area contributed by atoms with Crippen LogP contribution in [0.5, 0.6) is 0 Å². The first kappa shape index (κ1) is 14.3. The van der Waals surface area contributed by atoms with Crippen LogP contribution in [-0.4, -0.2) is 16.1 Å². The van der Waals surface area contributed by atoms with Crippen LogP contribution in [0.1, 0.15) is 15.9 Å². The standard InChI is InChI=1S/C13H7ClF3NO2/c14-10-6-5-8(12(19)20)11(18-10)7-3-1-2-4-9(7)13(15,16)17/h1-6H,(H,19,20). The van der Waals surface area contributed by atoms with Crippen LogP contribution in [0.3, 0.4) is 0 Å². The largest absolute Gasteiger partial charge is 0.478 e. The summed E-state index contributed by atoms with van der Waals surface area (Å²) in [7, 11) is 0. The lowest BCUT2D eigenvalue weighted by Gasteiger charge is -2.13. The average molecular weight is 302 g/mol. The highest BCUT2D eigenvalue weighted by molar-refractivity contribution is 6.29. The molecule has 0 bridgehead atoms. The Labute approximate surface area is 116 Å². The van der Waals surface area contributed by atoms with Gasteiger partial charge in [-0.15, -0.1) is 0 Å². The zero-order valence-electron chi connectivity index (χ0n) is 9.78. The van der Waals surface area contributed by atoms with E-state index in [0.29, 0.717) is 0 Å². The number of rotatable bonds is 2. The van der Waals surface area contributed by atoms with Gasteiger partial charge in [0.25, 0.3) is 0 Å². The molecule has 0 saturated heterocycles. The highest BCUT2D eigenvalue weighted by Gasteiger charge is 2.34. The lowest BCUT2D eigenvalue weighted by atomic mass is 10.00. The number of aromatic nitrogens is 1. The number of alkyl halides is 3. The zero-order chi connectivity index (χ0) is 14.9. The quantitative estimate of drug-likeness (QED) is 0.849. The number of carboxylic acids is 1. The van der Waals surface area contributed by atoms with Crippen molar-refractivity contribution in [2.24, 2.45) is 0 Å². The smallest absolute Gasteiger partial charge is 0.417 e. The van der Waals surface area contributed by atoms with Gasteiger partial charge in [-0.2, -0.15) is 13.2 Å². The second-order valence-corrected chi connectivity index (χ2v) is 4.27. The molecule has 0 aliphatic rings. The molecule has 0 amide bonds. The molecule has 20 heavy (non-hydrogen) atoms. The van der Waals surface area contributed by atoms with Gasteiger partial charge in [-0.3, -0.25) is 0 Å². The van der Waals surface area contributed by atoms with Crippen LogP contribution in [-0.2, 0) is 6.18 Å². The molecule has 0 saturated carbocycles. The highest BCUT2D eigenvalue weighted by Crippen LogP contribution is 2.37. The summed E-state index contributed by atoms with van der Waals surface area (Å²) in [5, 5.41) is 8.97. The Kier molecular flexibility index (Phi) is 3.67. The summed E-state index contributed by atoms with van der Waals surface area (Å²) in [6.45, 7) is 0. The van der Waals surface area contributed by atoms with Crippen molar-refractivity contribution in [3.8, 4) is 11.3 Å². The molecular formula is C13H7ClF3NO2. The molecular weight excluding hydrogens is 295 g/mol. The van der Waals surface area contributed by atoms with Crippen molar-refractivity contribution in [2.75, 3.05) is 0 Å². The van der Waals surface area contributed by atoms with Gasteiger partial charge in [0.1, 0.15) is 5.15 Å². The maximum absolute atomic E-state index is 13.0. The van der Waals surface area contributed by atoms with E-state index in [1.807, 2.05) is 0 Å². The zero-order valence-corrected chi connectivity index (χ0v) is 10.5. The number of hydrogen-bond donors (Lipinski definition) is 1. The molecule has 1 aromatic heterocycles. The normalized spacial score (nSPS) is 11.4. The first-order valence-corrected chi connectivity index (χ1v) is 5.75. The Morgan fingerprint density at radius 3 is 2.40 bits per heavy atom. The third kappa shape index (κ3) is 2.75. The predicted octanol–water partition coefficient (Wildman–Crippen LogP) is 4.12. The van der Waals surface area contributed by atoms with Crippen LogP contribution < -0.4 is 0 Å². The fraction of sp³-hybridized carbons (Fsp3) is 0.0769. The third-order valence-electron chi connectivity index (χ3n) is 2.58. The van der Waals surface area contributed by atoms with Crippen molar-refractivity contribution in [2.45, 2.75) is 6.18 Å². The molecule has 1 N–H and O–H groups in total. The summed E-state index contributed by atoms with van der Waals surface area (Å²) < 4.78 is 38.9. The van der Waals surface area contributed by atoms with E-state index in [1.165, 1.54) is 18.2 Å². The Balaban J connectivity index is 2.75. The minimum atomic E-state index is -4.61. The number of hydrogen-bond acceptors (Lipinski definition) is 2. The van der Waals surface area contributed by atoms with Gasteiger partial charge >= 0.3 is 12.1 Å². The summed E-state index contributed by atoms with van der Waals surface area (Å²) >= 11 is 5.65. The van der Waals surface area contributed by atoms with Crippen molar-refractivity contribution in [3.63, 3.8) is 0 Å². The number of carbonyl (C=O) groups is 1. The van der Waals surface area contributed by atoms with Crippen LogP contribution in [0.2, 0.25) is 5.15 Å². The third-order valence-corrected chi connectivity index (χ3v) is 2.79. The molecule has 104 valence electrons. The molecule has 0 spiro atoms. The molecule has 0 fully saturated rings. The lowest BCUT2D eigenvalue weighted by Crippen LogP contribution is -2.09. The molecule has 0 radical (unpaired) electrons. The second kappa shape index (κ2) is 5.13. The van der Waals surface area contributed by atoms with E-state index in [-0.39, 0.29) is 22.0 Å².